The molecule has 2 aromatic carbocycles. The van der Waals surface area contributed by atoms with Gasteiger partial charge in [-0.2, -0.15) is 5.26 Å². The van der Waals surface area contributed by atoms with Crippen LogP contribution in [0, 0.1) is 45.9 Å². The minimum atomic E-state index is 0.686. The summed E-state index contributed by atoms with van der Waals surface area (Å²) in [6, 6.07) is 19.0. The molecule has 0 saturated carbocycles. The van der Waals surface area contributed by atoms with Crippen molar-refractivity contribution < 1.29 is 0 Å². The summed E-state index contributed by atoms with van der Waals surface area (Å²) in [6.45, 7) is 10.6. The Labute approximate surface area is 156 Å². The second kappa shape index (κ2) is 7.06. The predicted molar refractivity (Wildman–Crippen MR) is 109 cm³/mol. The van der Waals surface area contributed by atoms with Gasteiger partial charge in [0.25, 0.3) is 0 Å². The van der Waals surface area contributed by atoms with Gasteiger partial charge in [-0.1, -0.05) is 42.0 Å². The first kappa shape index (κ1) is 17.8. The summed E-state index contributed by atoms with van der Waals surface area (Å²) in [5, 5.41) is 9.65. The number of benzene rings is 2. The molecule has 0 atom stereocenters. The number of nitriles is 1. The predicted octanol–water partition coefficient (Wildman–Crippen LogP) is 6.08. The molecule has 130 valence electrons. The van der Waals surface area contributed by atoms with E-state index < -0.39 is 0 Å². The standard InChI is InChI=1S/C24H24N2/c1-16-9-11-21(12-10-16)23(15-25)14-22-13-18(3)26(20(22)5)24-8-6-7-17(2)19(24)4/h6-14H,1-5H3/b23-14-. The molecule has 0 N–H and O–H groups in total. The first-order chi connectivity index (χ1) is 12.4. The van der Waals surface area contributed by atoms with E-state index in [1.54, 1.807) is 0 Å². The molecule has 26 heavy (non-hydrogen) atoms. The zero-order valence-electron chi connectivity index (χ0n) is 16.1. The van der Waals surface area contributed by atoms with E-state index in [1.165, 1.54) is 28.1 Å². The van der Waals surface area contributed by atoms with Gasteiger partial charge in [0.1, 0.15) is 0 Å². The zero-order chi connectivity index (χ0) is 18.8. The Hall–Kier alpha value is -3.05. The van der Waals surface area contributed by atoms with Crippen molar-refractivity contribution in [1.29, 1.82) is 5.26 Å². The molecule has 2 nitrogen and oxygen atoms in total. The van der Waals surface area contributed by atoms with Crippen LogP contribution < -0.4 is 0 Å². The van der Waals surface area contributed by atoms with Crippen LogP contribution in [0.2, 0.25) is 0 Å². The van der Waals surface area contributed by atoms with Gasteiger partial charge in [-0.15, -0.1) is 0 Å². The average Bonchev–Trinajstić information content (AvgIpc) is 2.90. The highest BCUT2D eigenvalue weighted by Gasteiger charge is 2.13. The first-order valence-electron chi connectivity index (χ1n) is 8.86. The van der Waals surface area contributed by atoms with Gasteiger partial charge in [-0.05, 0) is 75.1 Å². The Kier molecular flexibility index (Phi) is 4.82. The fourth-order valence-electron chi connectivity index (χ4n) is 3.35. The van der Waals surface area contributed by atoms with Crippen LogP contribution in [0.1, 0.15) is 39.2 Å². The molecule has 0 radical (unpaired) electrons. The smallest absolute Gasteiger partial charge is 0.0998 e. The molecule has 0 fully saturated rings. The van der Waals surface area contributed by atoms with E-state index in [0.717, 1.165) is 16.8 Å². The summed E-state index contributed by atoms with van der Waals surface area (Å²) < 4.78 is 2.28. The van der Waals surface area contributed by atoms with Crippen LogP contribution in [0.5, 0.6) is 0 Å². The van der Waals surface area contributed by atoms with Crippen molar-refractivity contribution in [2.45, 2.75) is 34.6 Å². The normalized spacial score (nSPS) is 11.5. The third-order valence-electron chi connectivity index (χ3n) is 5.07. The molecule has 0 amide bonds. The van der Waals surface area contributed by atoms with E-state index in [2.05, 4.69) is 69.5 Å². The van der Waals surface area contributed by atoms with Crippen molar-refractivity contribution in [2.24, 2.45) is 0 Å². The topological polar surface area (TPSA) is 28.7 Å². The van der Waals surface area contributed by atoms with Gasteiger partial charge in [0, 0.05) is 17.1 Å². The lowest BCUT2D eigenvalue weighted by atomic mass is 10.0. The summed E-state index contributed by atoms with van der Waals surface area (Å²) in [5.41, 5.74) is 10.0. The van der Waals surface area contributed by atoms with Gasteiger partial charge < -0.3 is 4.57 Å². The third kappa shape index (κ3) is 3.21. The summed E-state index contributed by atoms with van der Waals surface area (Å²) in [4.78, 5) is 0. The number of aromatic nitrogens is 1. The van der Waals surface area contributed by atoms with E-state index in [0.29, 0.717) is 5.57 Å². The van der Waals surface area contributed by atoms with Crippen molar-refractivity contribution in [3.63, 3.8) is 0 Å². The Balaban J connectivity index is 2.12. The van der Waals surface area contributed by atoms with Gasteiger partial charge in [-0.25, -0.2) is 0 Å². The van der Waals surface area contributed by atoms with Crippen molar-refractivity contribution in [2.75, 3.05) is 0 Å². The highest BCUT2D eigenvalue weighted by molar-refractivity contribution is 5.90. The molecule has 0 saturated heterocycles. The third-order valence-corrected chi connectivity index (χ3v) is 5.07. The van der Waals surface area contributed by atoms with Gasteiger partial charge in [0.15, 0.2) is 0 Å². The molecule has 0 aliphatic rings. The minimum absolute atomic E-state index is 0.686. The average molecular weight is 340 g/mol. The van der Waals surface area contributed by atoms with Crippen molar-refractivity contribution in [3.8, 4) is 11.8 Å². The summed E-state index contributed by atoms with van der Waals surface area (Å²) >= 11 is 0. The van der Waals surface area contributed by atoms with Gasteiger partial charge in [0.05, 0.1) is 11.6 Å². The van der Waals surface area contributed by atoms with E-state index >= 15 is 0 Å². The quantitative estimate of drug-likeness (QED) is 0.531. The molecule has 1 aromatic heterocycles. The van der Waals surface area contributed by atoms with E-state index in [9.17, 15) is 5.26 Å². The van der Waals surface area contributed by atoms with Crippen LogP contribution >= 0.6 is 0 Å². The molecule has 2 heteroatoms. The summed E-state index contributed by atoms with van der Waals surface area (Å²) in [5.74, 6) is 0. The first-order valence-corrected chi connectivity index (χ1v) is 8.86. The van der Waals surface area contributed by atoms with Crippen molar-refractivity contribution in [1.82, 2.24) is 4.57 Å². The highest BCUT2D eigenvalue weighted by Crippen LogP contribution is 2.27. The van der Waals surface area contributed by atoms with Crippen LogP contribution in [0.15, 0.2) is 48.5 Å². The minimum Gasteiger partial charge on any atom is -0.318 e. The highest BCUT2D eigenvalue weighted by atomic mass is 15.0. The summed E-state index contributed by atoms with van der Waals surface area (Å²) in [6.07, 6.45) is 1.99. The molecular formula is C24H24N2. The number of nitrogens with zero attached hydrogens (tertiary/aromatic N) is 2. The van der Waals surface area contributed by atoms with Crippen LogP contribution in [0.4, 0.5) is 0 Å². The molecule has 0 aliphatic carbocycles. The van der Waals surface area contributed by atoms with E-state index in [4.69, 9.17) is 0 Å². The molecule has 0 aliphatic heterocycles. The fraction of sp³-hybridized carbons (Fsp3) is 0.208. The maximum Gasteiger partial charge on any atom is 0.0998 e. The molecule has 0 bridgehead atoms. The maximum absolute atomic E-state index is 9.65. The lowest BCUT2D eigenvalue weighted by Gasteiger charge is -2.14. The van der Waals surface area contributed by atoms with Crippen LogP contribution in [0.3, 0.4) is 0 Å². The molecule has 0 spiro atoms. The van der Waals surface area contributed by atoms with Crippen LogP contribution in [-0.4, -0.2) is 4.57 Å². The summed E-state index contributed by atoms with van der Waals surface area (Å²) in [7, 11) is 0. The van der Waals surface area contributed by atoms with E-state index in [1.807, 2.05) is 30.3 Å². The second-order valence-electron chi connectivity index (χ2n) is 6.92. The van der Waals surface area contributed by atoms with Gasteiger partial charge in [-0.3, -0.25) is 0 Å². The molecule has 3 aromatic rings. The van der Waals surface area contributed by atoms with E-state index in [-0.39, 0.29) is 0 Å². The molecule has 1 heterocycles. The SMILES string of the molecule is Cc1ccc(/C(C#N)=C\c2cc(C)n(-c3cccc(C)c3C)c2C)cc1. The fourth-order valence-corrected chi connectivity index (χ4v) is 3.35. The van der Waals surface area contributed by atoms with Crippen LogP contribution in [-0.2, 0) is 0 Å². The molecule has 3 rings (SSSR count). The lowest BCUT2D eigenvalue weighted by Crippen LogP contribution is -2.02. The van der Waals surface area contributed by atoms with Crippen molar-refractivity contribution >= 4 is 11.6 Å². The largest absolute Gasteiger partial charge is 0.318 e. The van der Waals surface area contributed by atoms with Gasteiger partial charge in [0.2, 0.25) is 0 Å². The number of aryl methyl sites for hydroxylation is 3. The Morgan fingerprint density at radius 1 is 0.962 bits per heavy atom. The Morgan fingerprint density at radius 3 is 2.31 bits per heavy atom. The Morgan fingerprint density at radius 2 is 1.65 bits per heavy atom. The lowest BCUT2D eigenvalue weighted by molar-refractivity contribution is 0.950. The molecule has 0 unspecified atom stereocenters. The maximum atomic E-state index is 9.65. The van der Waals surface area contributed by atoms with Gasteiger partial charge >= 0.3 is 0 Å². The zero-order valence-corrected chi connectivity index (χ0v) is 16.1. The Bertz CT molecular complexity index is 1030. The monoisotopic (exact) mass is 340 g/mol. The van der Waals surface area contributed by atoms with Crippen LogP contribution in [0.25, 0.3) is 17.3 Å². The molecular weight excluding hydrogens is 316 g/mol. The number of allylic oxidation sites excluding steroid dienone is 1. The number of hydrogen-bond donors (Lipinski definition) is 0. The second-order valence-corrected chi connectivity index (χ2v) is 6.92. The van der Waals surface area contributed by atoms with Crippen molar-refractivity contribution in [3.05, 3.63) is 87.7 Å². The number of rotatable bonds is 3. The number of hydrogen-bond acceptors (Lipinski definition) is 1.